The number of hydroxylamine groups is 2. The van der Waals surface area contributed by atoms with Crippen LogP contribution in [0.2, 0.25) is 0 Å². The van der Waals surface area contributed by atoms with Crippen LogP contribution in [-0.4, -0.2) is 34.3 Å². The smallest absolute Gasteiger partial charge is 0.308 e. The summed E-state index contributed by atoms with van der Waals surface area (Å²) in [6.07, 6.45) is 1.82. The van der Waals surface area contributed by atoms with Gasteiger partial charge in [0.2, 0.25) is 6.41 Å². The third kappa shape index (κ3) is 3.72. The van der Waals surface area contributed by atoms with Crippen molar-refractivity contribution in [3.05, 3.63) is 12.7 Å². The molecule has 0 spiro atoms. The van der Waals surface area contributed by atoms with Gasteiger partial charge in [0.05, 0.1) is 12.5 Å². The molecule has 0 bridgehead atoms. The Kier molecular flexibility index (Phi) is 4.71. The summed E-state index contributed by atoms with van der Waals surface area (Å²) in [6.45, 7) is 3.15. The fourth-order valence-electron chi connectivity index (χ4n) is 0.723. The van der Waals surface area contributed by atoms with E-state index in [2.05, 4.69) is 6.58 Å². The number of nitrogens with zero attached hydrogens (tertiary/aromatic N) is 1. The Bertz CT molecular complexity index is 180. The molecule has 1 atom stereocenters. The molecule has 0 aliphatic carbocycles. The molecule has 1 unspecified atom stereocenters. The second-order valence-electron chi connectivity index (χ2n) is 2.29. The minimum Gasteiger partial charge on any atom is -0.481 e. The maximum Gasteiger partial charge on any atom is 0.308 e. The first-order valence-electron chi connectivity index (χ1n) is 3.36. The van der Waals surface area contributed by atoms with E-state index in [1.165, 1.54) is 6.08 Å². The Morgan fingerprint density at radius 2 is 2.25 bits per heavy atom. The Morgan fingerprint density at radius 1 is 1.67 bits per heavy atom. The van der Waals surface area contributed by atoms with Crippen molar-refractivity contribution in [3.8, 4) is 0 Å². The lowest BCUT2D eigenvalue weighted by Crippen LogP contribution is -2.29. The van der Waals surface area contributed by atoms with Crippen LogP contribution in [0.5, 0.6) is 0 Å². The molecular weight excluding hydrogens is 162 g/mol. The molecular formula is C7H11NO4. The third-order valence-corrected chi connectivity index (χ3v) is 1.33. The zero-order valence-corrected chi connectivity index (χ0v) is 6.51. The first-order valence-corrected chi connectivity index (χ1v) is 3.36. The number of amides is 1. The number of allylic oxidation sites excluding steroid dienone is 1. The third-order valence-electron chi connectivity index (χ3n) is 1.33. The molecule has 0 aromatic carbocycles. The summed E-state index contributed by atoms with van der Waals surface area (Å²) in [5.74, 6) is -1.85. The molecule has 5 heteroatoms. The van der Waals surface area contributed by atoms with Crippen LogP contribution >= 0.6 is 0 Å². The van der Waals surface area contributed by atoms with Gasteiger partial charge in [0.15, 0.2) is 0 Å². The van der Waals surface area contributed by atoms with Crippen LogP contribution in [0.1, 0.15) is 6.42 Å². The van der Waals surface area contributed by atoms with Gasteiger partial charge in [-0.2, -0.15) is 0 Å². The van der Waals surface area contributed by atoms with Crippen molar-refractivity contribution in [3.63, 3.8) is 0 Å². The van der Waals surface area contributed by atoms with Crippen molar-refractivity contribution in [1.82, 2.24) is 5.06 Å². The van der Waals surface area contributed by atoms with Crippen LogP contribution in [0.15, 0.2) is 12.7 Å². The van der Waals surface area contributed by atoms with Gasteiger partial charge in [-0.15, -0.1) is 6.58 Å². The number of aliphatic carboxylic acids is 1. The zero-order valence-electron chi connectivity index (χ0n) is 6.51. The molecule has 68 valence electrons. The second-order valence-corrected chi connectivity index (χ2v) is 2.29. The highest BCUT2D eigenvalue weighted by atomic mass is 16.5. The summed E-state index contributed by atoms with van der Waals surface area (Å²) < 4.78 is 0. The van der Waals surface area contributed by atoms with E-state index < -0.39 is 11.9 Å². The molecule has 0 rings (SSSR count). The summed E-state index contributed by atoms with van der Waals surface area (Å²) in [4.78, 5) is 20.4. The highest BCUT2D eigenvalue weighted by molar-refractivity contribution is 5.70. The Labute approximate surface area is 69.9 Å². The normalized spacial score (nSPS) is 11.8. The number of carbonyl (C=O) groups is 2. The van der Waals surface area contributed by atoms with Crippen molar-refractivity contribution in [1.29, 1.82) is 0 Å². The van der Waals surface area contributed by atoms with Crippen LogP contribution < -0.4 is 0 Å². The van der Waals surface area contributed by atoms with Gasteiger partial charge in [-0.25, -0.2) is 5.06 Å². The second kappa shape index (κ2) is 5.31. The maximum absolute atomic E-state index is 10.4. The predicted molar refractivity (Wildman–Crippen MR) is 40.5 cm³/mol. The number of hydrogen-bond acceptors (Lipinski definition) is 3. The van der Waals surface area contributed by atoms with E-state index in [0.29, 0.717) is 5.06 Å². The number of rotatable bonds is 6. The minimum atomic E-state index is -1.06. The number of hydrogen-bond donors (Lipinski definition) is 2. The van der Waals surface area contributed by atoms with Crippen molar-refractivity contribution < 1.29 is 19.9 Å². The summed E-state index contributed by atoms with van der Waals surface area (Å²) >= 11 is 0. The molecule has 0 heterocycles. The Morgan fingerprint density at radius 3 is 2.58 bits per heavy atom. The SMILES string of the molecule is C=CCC(CN(O)C=O)C(=O)O. The van der Waals surface area contributed by atoms with Gasteiger partial charge in [0.1, 0.15) is 0 Å². The first-order chi connectivity index (χ1) is 5.61. The molecule has 2 N–H and O–H groups in total. The number of carboxylic acid groups (broad SMARTS) is 1. The van der Waals surface area contributed by atoms with Gasteiger partial charge in [0.25, 0.3) is 0 Å². The number of carboxylic acids is 1. The van der Waals surface area contributed by atoms with E-state index >= 15 is 0 Å². The van der Waals surface area contributed by atoms with Gasteiger partial charge in [-0.05, 0) is 6.42 Å². The highest BCUT2D eigenvalue weighted by Gasteiger charge is 2.17. The molecule has 0 radical (unpaired) electrons. The van der Waals surface area contributed by atoms with Gasteiger partial charge >= 0.3 is 5.97 Å². The van der Waals surface area contributed by atoms with Crippen LogP contribution in [0, 0.1) is 5.92 Å². The monoisotopic (exact) mass is 173 g/mol. The molecule has 0 aliphatic heterocycles. The average molecular weight is 173 g/mol. The Balaban J connectivity index is 4.02. The lowest BCUT2D eigenvalue weighted by molar-refractivity contribution is -0.158. The largest absolute Gasteiger partial charge is 0.481 e. The van der Waals surface area contributed by atoms with Gasteiger partial charge < -0.3 is 5.11 Å². The van der Waals surface area contributed by atoms with E-state index in [4.69, 9.17) is 10.3 Å². The van der Waals surface area contributed by atoms with Crippen LogP contribution in [0.3, 0.4) is 0 Å². The fraction of sp³-hybridized carbons (Fsp3) is 0.429. The summed E-state index contributed by atoms with van der Waals surface area (Å²) in [5.41, 5.74) is 0. The maximum atomic E-state index is 10.4. The van der Waals surface area contributed by atoms with Gasteiger partial charge in [0, 0.05) is 0 Å². The van der Waals surface area contributed by atoms with E-state index in [1.807, 2.05) is 0 Å². The van der Waals surface area contributed by atoms with E-state index in [0.717, 1.165) is 0 Å². The van der Waals surface area contributed by atoms with Crippen LogP contribution in [-0.2, 0) is 9.59 Å². The fourth-order valence-corrected chi connectivity index (χ4v) is 0.723. The lowest BCUT2D eigenvalue weighted by atomic mass is 10.1. The van der Waals surface area contributed by atoms with E-state index in [-0.39, 0.29) is 19.4 Å². The first kappa shape index (κ1) is 10.6. The molecule has 0 aromatic heterocycles. The molecule has 0 saturated carbocycles. The van der Waals surface area contributed by atoms with Gasteiger partial charge in [-0.3, -0.25) is 14.8 Å². The van der Waals surface area contributed by atoms with Crippen LogP contribution in [0.25, 0.3) is 0 Å². The summed E-state index contributed by atoms with van der Waals surface area (Å²) in [6, 6.07) is 0. The van der Waals surface area contributed by atoms with Crippen molar-refractivity contribution in [2.24, 2.45) is 5.92 Å². The zero-order chi connectivity index (χ0) is 9.56. The summed E-state index contributed by atoms with van der Waals surface area (Å²) in [5, 5.41) is 17.5. The summed E-state index contributed by atoms with van der Waals surface area (Å²) in [7, 11) is 0. The van der Waals surface area contributed by atoms with Crippen molar-refractivity contribution in [2.75, 3.05) is 6.54 Å². The van der Waals surface area contributed by atoms with Crippen molar-refractivity contribution in [2.45, 2.75) is 6.42 Å². The average Bonchev–Trinajstić information content (AvgIpc) is 2.03. The highest BCUT2D eigenvalue weighted by Crippen LogP contribution is 2.04. The molecule has 1 amide bonds. The van der Waals surface area contributed by atoms with Crippen LogP contribution in [0.4, 0.5) is 0 Å². The molecule has 0 aromatic rings. The molecule has 0 saturated heterocycles. The molecule has 0 aliphatic rings. The Hall–Kier alpha value is -1.36. The predicted octanol–water partition coefficient (Wildman–Crippen LogP) is 0.111. The lowest BCUT2D eigenvalue weighted by Gasteiger charge is -2.13. The van der Waals surface area contributed by atoms with E-state index in [9.17, 15) is 9.59 Å². The molecule has 12 heavy (non-hydrogen) atoms. The quantitative estimate of drug-likeness (QED) is 0.258. The van der Waals surface area contributed by atoms with E-state index in [1.54, 1.807) is 0 Å². The van der Waals surface area contributed by atoms with Crippen molar-refractivity contribution >= 4 is 12.4 Å². The number of carbonyl (C=O) groups excluding carboxylic acids is 1. The minimum absolute atomic E-state index is 0.166. The topological polar surface area (TPSA) is 77.8 Å². The van der Waals surface area contributed by atoms with Gasteiger partial charge in [-0.1, -0.05) is 6.08 Å². The standard InChI is InChI=1S/C7H11NO4/c1-2-3-6(7(10)11)4-8(12)5-9/h2,5-6,12H,1,3-4H2,(H,10,11). The molecule has 0 fully saturated rings. The molecule has 5 nitrogen and oxygen atoms in total.